The molecule has 0 atom stereocenters. The minimum absolute atomic E-state index is 0.0434. The lowest BCUT2D eigenvalue weighted by Crippen LogP contribution is -2.34. The molecule has 150 valence electrons. The number of hydrogen-bond donors (Lipinski definition) is 2. The maximum absolute atomic E-state index is 11.6. The smallest absolute Gasteiger partial charge is 0.317 e. The summed E-state index contributed by atoms with van der Waals surface area (Å²) in [7, 11) is 1.97. The predicted molar refractivity (Wildman–Crippen MR) is 111 cm³/mol. The molecule has 2 amide bonds. The van der Waals surface area contributed by atoms with Gasteiger partial charge in [-0.25, -0.2) is 4.79 Å². The molecule has 1 aliphatic heterocycles. The van der Waals surface area contributed by atoms with Crippen molar-refractivity contribution in [2.45, 2.75) is 44.6 Å². The van der Waals surface area contributed by atoms with E-state index in [4.69, 9.17) is 5.10 Å². The number of carbonyl (C=O) groups excluding carboxylic acids is 1. The van der Waals surface area contributed by atoms with Crippen molar-refractivity contribution in [3.05, 3.63) is 41.6 Å². The van der Waals surface area contributed by atoms with Crippen molar-refractivity contribution in [2.75, 3.05) is 26.2 Å². The summed E-state index contributed by atoms with van der Waals surface area (Å²) < 4.78 is 1.88. The summed E-state index contributed by atoms with van der Waals surface area (Å²) >= 11 is 0. The third-order valence-electron chi connectivity index (χ3n) is 5.98. The number of aromatic nitrogens is 2. The summed E-state index contributed by atoms with van der Waals surface area (Å²) in [6.07, 6.45) is 8.85. The van der Waals surface area contributed by atoms with E-state index in [1.807, 2.05) is 16.6 Å². The van der Waals surface area contributed by atoms with Crippen LogP contribution in [-0.2, 0) is 13.6 Å². The SMILES string of the molecule is Cn1cc(CNCCN2CCNC2=O)c(-c2ccc(C3CCCCC3)cc2)n1. The van der Waals surface area contributed by atoms with Crippen molar-refractivity contribution in [2.24, 2.45) is 7.05 Å². The molecule has 4 rings (SSSR count). The molecule has 0 spiro atoms. The van der Waals surface area contributed by atoms with Crippen molar-refractivity contribution in [3.8, 4) is 11.3 Å². The van der Waals surface area contributed by atoms with Crippen LogP contribution >= 0.6 is 0 Å². The van der Waals surface area contributed by atoms with Gasteiger partial charge in [0, 0.05) is 57.1 Å². The van der Waals surface area contributed by atoms with Crippen LogP contribution in [0.25, 0.3) is 11.3 Å². The lowest BCUT2D eigenvalue weighted by Gasteiger charge is -2.22. The standard InChI is InChI=1S/C22H31N5O/c1-26-16-20(15-23-11-13-27-14-12-24-22(27)28)21(25-26)19-9-7-18(8-10-19)17-5-3-2-4-6-17/h7-10,16-17,23H,2-6,11-15H2,1H3,(H,24,28). The van der Waals surface area contributed by atoms with E-state index >= 15 is 0 Å². The molecular weight excluding hydrogens is 350 g/mol. The van der Waals surface area contributed by atoms with Gasteiger partial charge in [0.15, 0.2) is 0 Å². The van der Waals surface area contributed by atoms with Gasteiger partial charge < -0.3 is 15.5 Å². The average Bonchev–Trinajstić information content (AvgIpc) is 3.31. The topological polar surface area (TPSA) is 62.2 Å². The second kappa shape index (κ2) is 8.78. The van der Waals surface area contributed by atoms with Gasteiger partial charge in [-0.1, -0.05) is 43.5 Å². The number of nitrogens with zero attached hydrogens (tertiary/aromatic N) is 3. The number of aryl methyl sites for hydroxylation is 1. The van der Waals surface area contributed by atoms with E-state index in [2.05, 4.69) is 41.1 Å². The molecule has 0 unspecified atom stereocenters. The molecular formula is C22H31N5O. The predicted octanol–water partition coefficient (Wildman–Crippen LogP) is 3.25. The van der Waals surface area contributed by atoms with Gasteiger partial charge in [0.1, 0.15) is 0 Å². The van der Waals surface area contributed by atoms with E-state index in [-0.39, 0.29) is 6.03 Å². The maximum Gasteiger partial charge on any atom is 0.317 e. The quantitative estimate of drug-likeness (QED) is 0.724. The second-order valence-electron chi connectivity index (χ2n) is 8.03. The Hall–Kier alpha value is -2.34. The highest BCUT2D eigenvalue weighted by Gasteiger charge is 2.19. The van der Waals surface area contributed by atoms with E-state index in [0.717, 1.165) is 44.3 Å². The van der Waals surface area contributed by atoms with Gasteiger partial charge in [-0.3, -0.25) is 4.68 Å². The van der Waals surface area contributed by atoms with Crippen LogP contribution in [0.4, 0.5) is 4.79 Å². The summed E-state index contributed by atoms with van der Waals surface area (Å²) in [5.41, 5.74) is 4.89. The number of urea groups is 1. The molecule has 0 radical (unpaired) electrons. The lowest BCUT2D eigenvalue weighted by molar-refractivity contribution is 0.217. The highest BCUT2D eigenvalue weighted by atomic mass is 16.2. The summed E-state index contributed by atoms with van der Waals surface area (Å²) in [6.45, 7) is 3.82. The lowest BCUT2D eigenvalue weighted by atomic mass is 9.84. The van der Waals surface area contributed by atoms with Crippen molar-refractivity contribution in [1.82, 2.24) is 25.3 Å². The molecule has 2 aliphatic rings. The first-order valence-corrected chi connectivity index (χ1v) is 10.6. The fourth-order valence-electron chi connectivity index (χ4n) is 4.42. The van der Waals surface area contributed by atoms with E-state index in [1.165, 1.54) is 48.8 Å². The Labute approximate surface area is 167 Å². The molecule has 1 saturated carbocycles. The Bertz CT molecular complexity index is 792. The normalized spacial score (nSPS) is 17.9. The molecule has 1 aromatic carbocycles. The first kappa shape index (κ1) is 19.0. The maximum atomic E-state index is 11.6. The third kappa shape index (κ3) is 4.38. The van der Waals surface area contributed by atoms with Crippen LogP contribution in [0, 0.1) is 0 Å². The molecule has 0 bridgehead atoms. The second-order valence-corrected chi connectivity index (χ2v) is 8.03. The Balaban J connectivity index is 1.37. The minimum Gasteiger partial charge on any atom is -0.336 e. The number of hydrogen-bond acceptors (Lipinski definition) is 3. The molecule has 1 aliphatic carbocycles. The largest absolute Gasteiger partial charge is 0.336 e. The summed E-state index contributed by atoms with van der Waals surface area (Å²) in [6, 6.07) is 9.09. The first-order chi connectivity index (χ1) is 13.7. The third-order valence-corrected chi connectivity index (χ3v) is 5.98. The number of rotatable bonds is 7. The van der Waals surface area contributed by atoms with Gasteiger partial charge in [-0.05, 0) is 24.3 Å². The zero-order chi connectivity index (χ0) is 19.3. The van der Waals surface area contributed by atoms with Crippen LogP contribution < -0.4 is 10.6 Å². The Kier molecular flexibility index (Phi) is 5.95. The highest BCUT2D eigenvalue weighted by molar-refractivity contribution is 5.76. The van der Waals surface area contributed by atoms with Crippen molar-refractivity contribution in [3.63, 3.8) is 0 Å². The molecule has 6 nitrogen and oxygen atoms in total. The minimum atomic E-state index is 0.0434. The zero-order valence-corrected chi connectivity index (χ0v) is 16.8. The summed E-state index contributed by atoms with van der Waals surface area (Å²) in [5.74, 6) is 0.732. The highest BCUT2D eigenvalue weighted by Crippen LogP contribution is 2.33. The molecule has 2 heterocycles. The number of carbonyl (C=O) groups is 1. The Morgan fingerprint density at radius 3 is 2.68 bits per heavy atom. The Morgan fingerprint density at radius 1 is 1.18 bits per heavy atom. The van der Waals surface area contributed by atoms with Crippen LogP contribution in [0.15, 0.2) is 30.5 Å². The van der Waals surface area contributed by atoms with E-state index in [1.54, 1.807) is 0 Å². The van der Waals surface area contributed by atoms with Gasteiger partial charge in [0.25, 0.3) is 0 Å². The molecule has 2 fully saturated rings. The van der Waals surface area contributed by atoms with Gasteiger partial charge in [-0.2, -0.15) is 5.10 Å². The Morgan fingerprint density at radius 2 is 1.96 bits per heavy atom. The first-order valence-electron chi connectivity index (χ1n) is 10.6. The van der Waals surface area contributed by atoms with Crippen LogP contribution in [0.1, 0.15) is 49.1 Å². The molecule has 28 heavy (non-hydrogen) atoms. The van der Waals surface area contributed by atoms with E-state index < -0.39 is 0 Å². The number of nitrogens with one attached hydrogen (secondary N) is 2. The van der Waals surface area contributed by atoms with Crippen LogP contribution in [0.5, 0.6) is 0 Å². The van der Waals surface area contributed by atoms with Gasteiger partial charge in [0.05, 0.1) is 5.69 Å². The van der Waals surface area contributed by atoms with Crippen molar-refractivity contribution < 1.29 is 4.79 Å². The fraction of sp³-hybridized carbons (Fsp3) is 0.545. The van der Waals surface area contributed by atoms with E-state index in [9.17, 15) is 4.79 Å². The molecule has 1 aromatic heterocycles. The van der Waals surface area contributed by atoms with Crippen LogP contribution in [0.3, 0.4) is 0 Å². The van der Waals surface area contributed by atoms with Gasteiger partial charge in [-0.15, -0.1) is 0 Å². The molecule has 2 N–H and O–H groups in total. The van der Waals surface area contributed by atoms with Crippen LogP contribution in [0.2, 0.25) is 0 Å². The zero-order valence-electron chi connectivity index (χ0n) is 16.8. The van der Waals surface area contributed by atoms with Gasteiger partial charge >= 0.3 is 6.03 Å². The number of amides is 2. The van der Waals surface area contributed by atoms with Gasteiger partial charge in [0.2, 0.25) is 0 Å². The summed E-state index contributed by atoms with van der Waals surface area (Å²) in [5, 5.41) is 11.0. The fourth-order valence-corrected chi connectivity index (χ4v) is 4.42. The monoisotopic (exact) mass is 381 g/mol. The van der Waals surface area contributed by atoms with Crippen molar-refractivity contribution in [1.29, 1.82) is 0 Å². The molecule has 2 aromatic rings. The average molecular weight is 382 g/mol. The molecule has 6 heteroatoms. The van der Waals surface area contributed by atoms with E-state index in [0.29, 0.717) is 0 Å². The number of benzene rings is 1. The summed E-state index contributed by atoms with van der Waals surface area (Å²) in [4.78, 5) is 13.4. The van der Waals surface area contributed by atoms with Crippen LogP contribution in [-0.4, -0.2) is 46.9 Å². The van der Waals surface area contributed by atoms with Crippen molar-refractivity contribution >= 4 is 6.03 Å². The molecule has 1 saturated heterocycles.